The zero-order chi connectivity index (χ0) is 25.2. The summed E-state index contributed by atoms with van der Waals surface area (Å²) >= 11 is 0. The van der Waals surface area contributed by atoms with Crippen molar-refractivity contribution in [1.82, 2.24) is 0 Å². The molecule has 0 spiro atoms. The summed E-state index contributed by atoms with van der Waals surface area (Å²) in [5.74, 6) is -1.18. The van der Waals surface area contributed by atoms with E-state index in [1.807, 2.05) is 6.07 Å². The Bertz CT molecular complexity index is 1290. The van der Waals surface area contributed by atoms with Crippen LogP contribution in [-0.4, -0.2) is 31.6 Å². The second-order valence-electron chi connectivity index (χ2n) is 7.09. The smallest absolute Gasteiger partial charge is 0.343 e. The van der Waals surface area contributed by atoms with E-state index in [4.69, 9.17) is 14.2 Å². The van der Waals surface area contributed by atoms with Crippen molar-refractivity contribution in [2.75, 3.05) is 19.0 Å². The van der Waals surface area contributed by atoms with Gasteiger partial charge in [0.25, 0.3) is 5.91 Å². The van der Waals surface area contributed by atoms with Gasteiger partial charge >= 0.3 is 11.9 Å². The molecule has 1 amide bonds. The number of methoxy groups -OCH3 is 1. The fourth-order valence-electron chi connectivity index (χ4n) is 3.01. The first kappa shape index (κ1) is 24.7. The summed E-state index contributed by atoms with van der Waals surface area (Å²) in [5, 5.41) is 12.1. The number of ether oxygens (including phenoxy) is 3. The number of nitriles is 1. The first-order valence-corrected chi connectivity index (χ1v) is 10.6. The van der Waals surface area contributed by atoms with Crippen LogP contribution in [-0.2, 0) is 9.53 Å². The zero-order valence-electron chi connectivity index (χ0n) is 19.1. The van der Waals surface area contributed by atoms with Gasteiger partial charge in [0, 0.05) is 5.69 Å². The van der Waals surface area contributed by atoms with Crippen molar-refractivity contribution in [3.63, 3.8) is 0 Å². The number of carbonyl (C=O) groups excluding carboxylic acids is 3. The number of nitrogens with zero attached hydrogens (tertiary/aromatic N) is 1. The number of anilines is 1. The lowest BCUT2D eigenvalue weighted by Gasteiger charge is -2.10. The molecule has 8 heteroatoms. The molecule has 3 aromatic carbocycles. The summed E-state index contributed by atoms with van der Waals surface area (Å²) in [5.41, 5.74) is 1.48. The molecule has 0 saturated heterocycles. The molecule has 35 heavy (non-hydrogen) atoms. The van der Waals surface area contributed by atoms with Crippen LogP contribution in [0.25, 0.3) is 6.08 Å². The van der Waals surface area contributed by atoms with Crippen LogP contribution in [0, 0.1) is 11.3 Å². The first-order chi connectivity index (χ1) is 16.9. The van der Waals surface area contributed by atoms with Gasteiger partial charge in [-0.05, 0) is 67.1 Å². The molecule has 3 aromatic rings. The van der Waals surface area contributed by atoms with Crippen molar-refractivity contribution < 1.29 is 28.6 Å². The average Bonchev–Trinajstić information content (AvgIpc) is 2.88. The van der Waals surface area contributed by atoms with E-state index in [0.29, 0.717) is 22.4 Å². The lowest BCUT2D eigenvalue weighted by molar-refractivity contribution is -0.112. The minimum absolute atomic E-state index is 0.157. The molecule has 0 atom stereocenters. The van der Waals surface area contributed by atoms with Crippen LogP contribution >= 0.6 is 0 Å². The van der Waals surface area contributed by atoms with Crippen LogP contribution in [0.15, 0.2) is 78.4 Å². The molecule has 1 N–H and O–H groups in total. The molecule has 0 saturated carbocycles. The molecule has 0 aromatic heterocycles. The number of hydrogen-bond donors (Lipinski definition) is 1. The highest BCUT2D eigenvalue weighted by Crippen LogP contribution is 2.30. The summed E-state index contributed by atoms with van der Waals surface area (Å²) in [4.78, 5) is 36.7. The second-order valence-corrected chi connectivity index (χ2v) is 7.09. The maximum Gasteiger partial charge on any atom is 0.343 e. The number of amides is 1. The molecule has 0 aliphatic heterocycles. The predicted octanol–water partition coefficient (Wildman–Crippen LogP) is 4.64. The van der Waals surface area contributed by atoms with Gasteiger partial charge in [0.2, 0.25) is 0 Å². The van der Waals surface area contributed by atoms with Crippen molar-refractivity contribution in [2.45, 2.75) is 6.92 Å². The highest BCUT2D eigenvalue weighted by Gasteiger charge is 2.14. The van der Waals surface area contributed by atoms with Crippen LogP contribution < -0.4 is 14.8 Å². The Labute approximate surface area is 202 Å². The van der Waals surface area contributed by atoms with E-state index in [-0.39, 0.29) is 23.7 Å². The number of benzene rings is 3. The van der Waals surface area contributed by atoms with E-state index >= 15 is 0 Å². The van der Waals surface area contributed by atoms with Crippen LogP contribution in [0.4, 0.5) is 5.69 Å². The van der Waals surface area contributed by atoms with Crippen molar-refractivity contribution in [3.8, 4) is 17.6 Å². The number of nitrogens with one attached hydrogen (secondary N) is 1. The summed E-state index contributed by atoms with van der Waals surface area (Å²) in [7, 11) is 1.42. The Kier molecular flexibility index (Phi) is 8.35. The summed E-state index contributed by atoms with van der Waals surface area (Å²) in [6.07, 6.45) is 1.38. The summed E-state index contributed by atoms with van der Waals surface area (Å²) in [6, 6.07) is 21.2. The number of carbonyl (C=O) groups is 3. The van der Waals surface area contributed by atoms with E-state index in [1.54, 1.807) is 49.4 Å². The van der Waals surface area contributed by atoms with Gasteiger partial charge in [0.05, 0.1) is 24.8 Å². The minimum Gasteiger partial charge on any atom is -0.493 e. The highest BCUT2D eigenvalue weighted by molar-refractivity contribution is 6.09. The van der Waals surface area contributed by atoms with Crippen molar-refractivity contribution >= 4 is 29.6 Å². The van der Waals surface area contributed by atoms with E-state index in [9.17, 15) is 19.6 Å². The number of rotatable bonds is 8. The van der Waals surface area contributed by atoms with Gasteiger partial charge in [-0.3, -0.25) is 4.79 Å². The molecule has 0 fully saturated rings. The molecule has 0 aliphatic carbocycles. The van der Waals surface area contributed by atoms with Crippen molar-refractivity contribution in [2.24, 2.45) is 0 Å². The number of hydrogen-bond acceptors (Lipinski definition) is 7. The fraction of sp³-hybridized carbons (Fsp3) is 0.111. The third-order valence-corrected chi connectivity index (χ3v) is 4.73. The predicted molar refractivity (Wildman–Crippen MR) is 129 cm³/mol. The van der Waals surface area contributed by atoms with E-state index in [1.165, 1.54) is 43.5 Å². The molecule has 0 heterocycles. The average molecular weight is 470 g/mol. The molecule has 0 bridgehead atoms. The van der Waals surface area contributed by atoms with Crippen LogP contribution in [0.3, 0.4) is 0 Å². The Hall–Kier alpha value is -4.90. The SMILES string of the molecule is CCOC(=O)c1ccc(NC(=O)/C(C#N)=C/c2ccc(OC(=O)c3ccccc3)c(OC)c2)cc1. The normalized spacial score (nSPS) is 10.6. The molecule has 8 nitrogen and oxygen atoms in total. The highest BCUT2D eigenvalue weighted by atomic mass is 16.6. The van der Waals surface area contributed by atoms with Crippen LogP contribution in [0.2, 0.25) is 0 Å². The van der Waals surface area contributed by atoms with Crippen LogP contribution in [0.1, 0.15) is 33.2 Å². The quantitative estimate of drug-likeness (QED) is 0.221. The maximum atomic E-state index is 12.6. The Morgan fingerprint density at radius 1 is 0.914 bits per heavy atom. The van der Waals surface area contributed by atoms with Gasteiger partial charge in [0.1, 0.15) is 11.6 Å². The molecular formula is C27H22N2O6. The third-order valence-electron chi connectivity index (χ3n) is 4.73. The van der Waals surface area contributed by atoms with Gasteiger partial charge in [0.15, 0.2) is 11.5 Å². The number of esters is 2. The van der Waals surface area contributed by atoms with Gasteiger partial charge in [-0.1, -0.05) is 24.3 Å². The Morgan fingerprint density at radius 2 is 1.60 bits per heavy atom. The molecule has 0 radical (unpaired) electrons. The standard InChI is InChI=1S/C27H22N2O6/c1-3-34-26(31)20-10-12-22(13-11-20)29-25(30)21(17-28)15-18-9-14-23(24(16-18)33-2)35-27(32)19-7-5-4-6-8-19/h4-16H,3H2,1-2H3,(H,29,30)/b21-15+. The van der Waals surface area contributed by atoms with Crippen LogP contribution in [0.5, 0.6) is 11.5 Å². The van der Waals surface area contributed by atoms with Crippen molar-refractivity contribution in [1.29, 1.82) is 5.26 Å². The maximum absolute atomic E-state index is 12.6. The summed E-state index contributed by atoms with van der Waals surface area (Å²) < 4.78 is 15.7. The molecule has 3 rings (SSSR count). The van der Waals surface area contributed by atoms with E-state index in [0.717, 1.165) is 0 Å². The largest absolute Gasteiger partial charge is 0.493 e. The minimum atomic E-state index is -0.630. The molecule has 176 valence electrons. The lowest BCUT2D eigenvalue weighted by Crippen LogP contribution is -2.13. The fourth-order valence-corrected chi connectivity index (χ4v) is 3.01. The van der Waals surface area contributed by atoms with Gasteiger partial charge in [-0.25, -0.2) is 9.59 Å². The van der Waals surface area contributed by atoms with Gasteiger partial charge < -0.3 is 19.5 Å². The summed E-state index contributed by atoms with van der Waals surface area (Å²) in [6.45, 7) is 1.97. The first-order valence-electron chi connectivity index (χ1n) is 10.6. The second kappa shape index (κ2) is 11.8. The zero-order valence-corrected chi connectivity index (χ0v) is 19.1. The van der Waals surface area contributed by atoms with Gasteiger partial charge in [-0.2, -0.15) is 5.26 Å². The molecule has 0 unspecified atom stereocenters. The molecular weight excluding hydrogens is 448 g/mol. The Balaban J connectivity index is 1.74. The van der Waals surface area contributed by atoms with E-state index in [2.05, 4.69) is 5.32 Å². The monoisotopic (exact) mass is 470 g/mol. The third kappa shape index (κ3) is 6.55. The van der Waals surface area contributed by atoms with E-state index < -0.39 is 17.8 Å². The Morgan fingerprint density at radius 3 is 2.23 bits per heavy atom. The van der Waals surface area contributed by atoms with Gasteiger partial charge in [-0.15, -0.1) is 0 Å². The van der Waals surface area contributed by atoms with Crippen molar-refractivity contribution in [3.05, 3.63) is 95.1 Å². The lowest BCUT2D eigenvalue weighted by atomic mass is 10.1. The molecule has 0 aliphatic rings. The topological polar surface area (TPSA) is 115 Å².